The van der Waals surface area contributed by atoms with Crippen LogP contribution in [0.5, 0.6) is 0 Å². The Morgan fingerprint density at radius 1 is 1.17 bits per heavy atom. The smallest absolute Gasteiger partial charge is 0.270 e. The molecule has 2 rings (SSSR count). The van der Waals surface area contributed by atoms with Crippen LogP contribution in [0.15, 0.2) is 36.4 Å². The van der Waals surface area contributed by atoms with Crippen LogP contribution >= 0.6 is 0 Å². The average molecular weight is 333 g/mol. The summed E-state index contributed by atoms with van der Waals surface area (Å²) in [5.74, 6) is -2.18. The molecule has 0 saturated heterocycles. The van der Waals surface area contributed by atoms with E-state index in [1.807, 2.05) is 11.9 Å². The number of alkyl halides is 2. The normalized spacial score (nSPS) is 11.5. The van der Waals surface area contributed by atoms with Crippen molar-refractivity contribution in [2.75, 3.05) is 24.2 Å². The zero-order valence-corrected chi connectivity index (χ0v) is 14.5. The number of nitrogens with zero attached hydrogens (tertiary/aromatic N) is 2. The molecule has 0 aliphatic rings. The molecule has 0 fully saturated rings. The van der Waals surface area contributed by atoms with Crippen LogP contribution in [-0.4, -0.2) is 18.6 Å². The molecule has 0 bridgehead atoms. The molecule has 5 heteroatoms. The van der Waals surface area contributed by atoms with Crippen LogP contribution in [0.4, 0.5) is 20.3 Å². The predicted octanol–water partition coefficient (Wildman–Crippen LogP) is 5.07. The number of aromatic nitrogens is 1. The van der Waals surface area contributed by atoms with Crippen LogP contribution in [0.25, 0.3) is 11.3 Å². The lowest BCUT2D eigenvalue weighted by Gasteiger charge is -2.20. The molecule has 0 aliphatic heterocycles. The van der Waals surface area contributed by atoms with Gasteiger partial charge in [0.15, 0.2) is 5.82 Å². The predicted molar refractivity (Wildman–Crippen MR) is 96.4 cm³/mol. The molecule has 2 aromatic rings. The van der Waals surface area contributed by atoms with Crippen molar-refractivity contribution in [2.24, 2.45) is 0 Å². The summed E-state index contributed by atoms with van der Waals surface area (Å²) in [5.41, 5.74) is 7.93. The highest BCUT2D eigenvalue weighted by atomic mass is 19.3. The van der Waals surface area contributed by atoms with Gasteiger partial charge in [0.25, 0.3) is 5.92 Å². The molecule has 0 radical (unpaired) electrons. The van der Waals surface area contributed by atoms with Crippen LogP contribution < -0.4 is 10.6 Å². The van der Waals surface area contributed by atoms with E-state index in [1.165, 1.54) is 12.1 Å². The number of hydrogen-bond acceptors (Lipinski definition) is 3. The van der Waals surface area contributed by atoms with Gasteiger partial charge in [-0.15, -0.1) is 0 Å². The van der Waals surface area contributed by atoms with Crippen molar-refractivity contribution in [1.82, 2.24) is 4.98 Å². The maximum atomic E-state index is 13.5. The Hall–Kier alpha value is -2.17. The van der Waals surface area contributed by atoms with Crippen molar-refractivity contribution >= 4 is 11.5 Å². The van der Waals surface area contributed by atoms with Crippen LogP contribution in [0, 0.1) is 0 Å². The van der Waals surface area contributed by atoms with E-state index in [1.54, 1.807) is 24.3 Å². The monoisotopic (exact) mass is 333 g/mol. The maximum absolute atomic E-state index is 13.5. The van der Waals surface area contributed by atoms with E-state index in [2.05, 4.69) is 11.9 Å². The lowest BCUT2D eigenvalue weighted by Crippen LogP contribution is -2.21. The molecule has 0 unspecified atom stereocenters. The number of benzene rings is 1. The van der Waals surface area contributed by atoms with E-state index < -0.39 is 5.92 Å². The molecule has 0 atom stereocenters. The van der Waals surface area contributed by atoms with Gasteiger partial charge in [-0.2, -0.15) is 0 Å². The fourth-order valence-electron chi connectivity index (χ4n) is 2.58. The number of nitrogens with two attached hydrogens (primary N) is 1. The molecule has 0 spiro atoms. The Bertz CT molecular complexity index is 681. The molecule has 1 heterocycles. The standard InChI is InChI=1S/C19H25F2N3/c1-4-5-6-12-24(3)18-16(22)10-11-17(23-18)14-8-7-9-15(13-14)19(2,20)21/h7-11,13H,4-6,12,22H2,1-3H3. The third-order valence-corrected chi connectivity index (χ3v) is 4.03. The number of halogens is 2. The van der Waals surface area contributed by atoms with E-state index in [0.717, 1.165) is 32.7 Å². The molecule has 0 amide bonds. The molecule has 1 aromatic heterocycles. The summed E-state index contributed by atoms with van der Waals surface area (Å²) < 4.78 is 27.1. The Balaban J connectivity index is 2.31. The molecular weight excluding hydrogens is 308 g/mol. The lowest BCUT2D eigenvalue weighted by atomic mass is 10.0. The first-order chi connectivity index (χ1) is 11.3. The number of hydrogen-bond donors (Lipinski definition) is 1. The second kappa shape index (κ2) is 7.60. The fourth-order valence-corrected chi connectivity index (χ4v) is 2.58. The quantitative estimate of drug-likeness (QED) is 0.719. The number of nitrogen functional groups attached to an aromatic ring is 1. The van der Waals surface area contributed by atoms with Crippen LogP contribution in [0.3, 0.4) is 0 Å². The third-order valence-electron chi connectivity index (χ3n) is 4.03. The topological polar surface area (TPSA) is 42.2 Å². The molecular formula is C19H25F2N3. The minimum Gasteiger partial charge on any atom is -0.396 e. The summed E-state index contributed by atoms with van der Waals surface area (Å²) in [6.07, 6.45) is 3.36. The third kappa shape index (κ3) is 4.43. The number of anilines is 2. The van der Waals surface area contributed by atoms with Gasteiger partial charge in [-0.25, -0.2) is 13.8 Å². The van der Waals surface area contributed by atoms with Crippen molar-refractivity contribution in [3.8, 4) is 11.3 Å². The van der Waals surface area contributed by atoms with Gasteiger partial charge >= 0.3 is 0 Å². The minimum atomic E-state index is -2.87. The summed E-state index contributed by atoms with van der Waals surface area (Å²) in [6.45, 7) is 3.92. The maximum Gasteiger partial charge on any atom is 0.270 e. The van der Waals surface area contributed by atoms with Gasteiger partial charge < -0.3 is 10.6 Å². The van der Waals surface area contributed by atoms with E-state index in [4.69, 9.17) is 5.73 Å². The first-order valence-electron chi connectivity index (χ1n) is 8.29. The average Bonchev–Trinajstić information content (AvgIpc) is 2.54. The largest absolute Gasteiger partial charge is 0.396 e. The summed E-state index contributed by atoms with van der Waals surface area (Å²) in [7, 11) is 1.95. The van der Waals surface area contributed by atoms with E-state index in [0.29, 0.717) is 22.8 Å². The van der Waals surface area contributed by atoms with Crippen molar-refractivity contribution in [3.63, 3.8) is 0 Å². The first-order valence-corrected chi connectivity index (χ1v) is 8.29. The molecule has 3 nitrogen and oxygen atoms in total. The molecule has 24 heavy (non-hydrogen) atoms. The first kappa shape index (κ1) is 18.2. The van der Waals surface area contributed by atoms with Gasteiger partial charge in [0.1, 0.15) is 0 Å². The fraction of sp³-hybridized carbons (Fsp3) is 0.421. The molecule has 1 aromatic carbocycles. The van der Waals surface area contributed by atoms with Crippen molar-refractivity contribution in [2.45, 2.75) is 39.0 Å². The summed E-state index contributed by atoms with van der Waals surface area (Å²) >= 11 is 0. The van der Waals surface area contributed by atoms with E-state index >= 15 is 0 Å². The number of unbranched alkanes of at least 4 members (excludes halogenated alkanes) is 2. The Kier molecular flexibility index (Phi) is 5.75. The van der Waals surface area contributed by atoms with Gasteiger partial charge in [-0.1, -0.05) is 38.0 Å². The van der Waals surface area contributed by atoms with Crippen LogP contribution in [0.1, 0.15) is 38.7 Å². The zero-order chi connectivity index (χ0) is 17.7. The Morgan fingerprint density at radius 2 is 1.92 bits per heavy atom. The van der Waals surface area contributed by atoms with E-state index in [9.17, 15) is 8.78 Å². The minimum absolute atomic E-state index is 0.0172. The molecule has 0 aliphatic carbocycles. The van der Waals surface area contributed by atoms with Gasteiger partial charge in [-0.3, -0.25) is 0 Å². The highest BCUT2D eigenvalue weighted by molar-refractivity contribution is 5.70. The van der Waals surface area contributed by atoms with Crippen LogP contribution in [-0.2, 0) is 5.92 Å². The lowest BCUT2D eigenvalue weighted by molar-refractivity contribution is 0.0175. The SMILES string of the molecule is CCCCCN(C)c1nc(-c2cccc(C(C)(F)F)c2)ccc1N. The summed E-state index contributed by atoms with van der Waals surface area (Å²) in [5, 5.41) is 0. The molecule has 130 valence electrons. The van der Waals surface area contributed by atoms with Crippen molar-refractivity contribution in [1.29, 1.82) is 0 Å². The Labute approximate surface area is 142 Å². The number of rotatable bonds is 7. The van der Waals surface area contributed by atoms with Crippen molar-refractivity contribution < 1.29 is 8.78 Å². The second-order valence-corrected chi connectivity index (χ2v) is 6.21. The second-order valence-electron chi connectivity index (χ2n) is 6.21. The number of pyridine rings is 1. The van der Waals surface area contributed by atoms with Gasteiger partial charge in [0.2, 0.25) is 0 Å². The van der Waals surface area contributed by atoms with Gasteiger partial charge in [0.05, 0.1) is 11.4 Å². The van der Waals surface area contributed by atoms with Gasteiger partial charge in [0, 0.05) is 31.6 Å². The summed E-state index contributed by atoms with van der Waals surface area (Å²) in [4.78, 5) is 6.62. The van der Waals surface area contributed by atoms with E-state index in [-0.39, 0.29) is 5.56 Å². The van der Waals surface area contributed by atoms with Crippen molar-refractivity contribution in [3.05, 3.63) is 42.0 Å². The van der Waals surface area contributed by atoms with Gasteiger partial charge in [-0.05, 0) is 24.6 Å². The molecule has 0 saturated carbocycles. The van der Waals surface area contributed by atoms with Crippen LogP contribution in [0.2, 0.25) is 0 Å². The highest BCUT2D eigenvalue weighted by Gasteiger charge is 2.24. The molecule has 2 N–H and O–H groups in total. The summed E-state index contributed by atoms with van der Waals surface area (Å²) in [6, 6.07) is 9.88. The zero-order valence-electron chi connectivity index (χ0n) is 14.5. The highest BCUT2D eigenvalue weighted by Crippen LogP contribution is 2.31. The Morgan fingerprint density at radius 3 is 2.58 bits per heavy atom.